The van der Waals surface area contributed by atoms with Gasteiger partial charge in [-0.3, -0.25) is 9.48 Å². The van der Waals surface area contributed by atoms with Gasteiger partial charge in [-0.05, 0) is 25.7 Å². The third-order valence-electron chi connectivity index (χ3n) is 3.24. The number of hydrogen-bond donors (Lipinski definition) is 0. The highest BCUT2D eigenvalue weighted by molar-refractivity contribution is 6.33. The first-order valence-electron chi connectivity index (χ1n) is 6.14. The quantitative estimate of drug-likeness (QED) is 0.814. The predicted octanol–water partition coefficient (Wildman–Crippen LogP) is 2.43. The van der Waals surface area contributed by atoms with E-state index >= 15 is 0 Å². The Labute approximate surface area is 107 Å². The summed E-state index contributed by atoms with van der Waals surface area (Å²) in [5.74, 6) is 0.588. The second kappa shape index (κ2) is 5.08. The van der Waals surface area contributed by atoms with Crippen molar-refractivity contribution < 1.29 is 4.79 Å². The maximum atomic E-state index is 12.4. The molecule has 2 rings (SSSR count). The Kier molecular flexibility index (Phi) is 3.72. The topological polar surface area (TPSA) is 38.1 Å². The molecular formula is C12H18ClN3O. The summed E-state index contributed by atoms with van der Waals surface area (Å²) in [5, 5.41) is 4.56. The zero-order valence-corrected chi connectivity index (χ0v) is 11.1. The normalized spacial score (nSPS) is 20.6. The van der Waals surface area contributed by atoms with Gasteiger partial charge in [0.1, 0.15) is 5.69 Å². The molecule has 94 valence electrons. The summed E-state index contributed by atoms with van der Waals surface area (Å²) in [5.41, 5.74) is 0.531. The van der Waals surface area contributed by atoms with Crippen molar-refractivity contribution in [2.24, 2.45) is 5.92 Å². The molecule has 1 fully saturated rings. The average molecular weight is 256 g/mol. The highest BCUT2D eigenvalue weighted by atomic mass is 35.5. The number of aromatic nitrogens is 2. The molecule has 1 aromatic rings. The second-order valence-electron chi connectivity index (χ2n) is 4.66. The van der Waals surface area contributed by atoms with Crippen LogP contribution < -0.4 is 0 Å². The number of rotatable bonds is 2. The van der Waals surface area contributed by atoms with Gasteiger partial charge in [0.2, 0.25) is 0 Å². The predicted molar refractivity (Wildman–Crippen MR) is 67.2 cm³/mol. The lowest BCUT2D eigenvalue weighted by Crippen LogP contribution is -2.40. The van der Waals surface area contributed by atoms with E-state index in [2.05, 4.69) is 12.0 Å². The summed E-state index contributed by atoms with van der Waals surface area (Å²) >= 11 is 6.04. The fraction of sp³-hybridized carbons (Fsp3) is 0.667. The van der Waals surface area contributed by atoms with Crippen molar-refractivity contribution in [3.05, 3.63) is 16.9 Å². The molecule has 1 aliphatic rings. The number of likely N-dealkylation sites (tertiary alicyclic amines) is 1. The smallest absolute Gasteiger partial charge is 0.273 e. The summed E-state index contributed by atoms with van der Waals surface area (Å²) in [6.07, 6.45) is 3.82. The molecule has 1 aliphatic heterocycles. The molecule has 4 nitrogen and oxygen atoms in total. The SMILES string of the molecule is CCn1ncc(Cl)c1C(=O)N1CCC[C@@H](C)C1. The highest BCUT2D eigenvalue weighted by Crippen LogP contribution is 2.21. The van der Waals surface area contributed by atoms with Crippen LogP contribution in [-0.4, -0.2) is 33.7 Å². The molecule has 2 heterocycles. The van der Waals surface area contributed by atoms with Crippen molar-refractivity contribution >= 4 is 17.5 Å². The zero-order chi connectivity index (χ0) is 12.4. The van der Waals surface area contributed by atoms with Crippen LogP contribution in [-0.2, 0) is 6.54 Å². The van der Waals surface area contributed by atoms with Gasteiger partial charge in [0.25, 0.3) is 5.91 Å². The van der Waals surface area contributed by atoms with E-state index in [1.807, 2.05) is 11.8 Å². The first-order chi connectivity index (χ1) is 8.13. The summed E-state index contributed by atoms with van der Waals surface area (Å²) in [7, 11) is 0. The number of piperidine rings is 1. The number of halogens is 1. The zero-order valence-electron chi connectivity index (χ0n) is 10.3. The van der Waals surface area contributed by atoms with Crippen molar-refractivity contribution in [1.29, 1.82) is 0 Å². The molecule has 0 aromatic carbocycles. The standard InChI is InChI=1S/C12H18ClN3O/c1-3-16-11(10(13)7-14-16)12(17)15-6-4-5-9(2)8-15/h7,9H,3-6,8H2,1-2H3/t9-/m1/s1. The molecule has 1 aromatic heterocycles. The number of amides is 1. The van der Waals surface area contributed by atoms with E-state index in [9.17, 15) is 4.79 Å². The van der Waals surface area contributed by atoms with E-state index in [0.29, 0.717) is 23.2 Å². The Bertz CT molecular complexity index is 416. The molecule has 0 spiro atoms. The number of carbonyl (C=O) groups excluding carboxylic acids is 1. The monoisotopic (exact) mass is 255 g/mol. The highest BCUT2D eigenvalue weighted by Gasteiger charge is 2.26. The first-order valence-corrected chi connectivity index (χ1v) is 6.51. The fourth-order valence-corrected chi connectivity index (χ4v) is 2.56. The van der Waals surface area contributed by atoms with Gasteiger partial charge in [-0.1, -0.05) is 18.5 Å². The molecule has 17 heavy (non-hydrogen) atoms. The first kappa shape index (κ1) is 12.4. The van der Waals surface area contributed by atoms with Gasteiger partial charge in [-0.25, -0.2) is 0 Å². The molecule has 0 unspecified atom stereocenters. The van der Waals surface area contributed by atoms with E-state index < -0.39 is 0 Å². The van der Waals surface area contributed by atoms with Crippen molar-refractivity contribution in [2.75, 3.05) is 13.1 Å². The molecule has 0 saturated carbocycles. The maximum absolute atomic E-state index is 12.4. The Hall–Kier alpha value is -1.03. The van der Waals surface area contributed by atoms with Crippen LogP contribution in [0.4, 0.5) is 0 Å². The largest absolute Gasteiger partial charge is 0.337 e. The van der Waals surface area contributed by atoms with E-state index in [1.165, 1.54) is 6.42 Å². The third kappa shape index (κ3) is 2.46. The van der Waals surface area contributed by atoms with Gasteiger partial charge < -0.3 is 4.90 Å². The van der Waals surface area contributed by atoms with Gasteiger partial charge in [0, 0.05) is 19.6 Å². The Balaban J connectivity index is 2.21. The van der Waals surface area contributed by atoms with Crippen molar-refractivity contribution in [3.8, 4) is 0 Å². The van der Waals surface area contributed by atoms with Gasteiger partial charge in [0.15, 0.2) is 0 Å². The summed E-state index contributed by atoms with van der Waals surface area (Å²) in [6.45, 7) is 6.45. The lowest BCUT2D eigenvalue weighted by atomic mass is 10.00. The minimum atomic E-state index is 0.0147. The van der Waals surface area contributed by atoms with E-state index in [-0.39, 0.29) is 5.91 Å². The lowest BCUT2D eigenvalue weighted by Gasteiger charge is -2.31. The second-order valence-corrected chi connectivity index (χ2v) is 5.06. The maximum Gasteiger partial charge on any atom is 0.273 e. The molecule has 0 N–H and O–H groups in total. The van der Waals surface area contributed by atoms with Gasteiger partial charge in [-0.15, -0.1) is 0 Å². The van der Waals surface area contributed by atoms with E-state index in [4.69, 9.17) is 11.6 Å². The van der Waals surface area contributed by atoms with Gasteiger partial charge in [0.05, 0.1) is 11.2 Å². The molecule has 1 amide bonds. The molecule has 5 heteroatoms. The molecule has 1 atom stereocenters. The average Bonchev–Trinajstić information content (AvgIpc) is 2.69. The van der Waals surface area contributed by atoms with Crippen LogP contribution in [0.25, 0.3) is 0 Å². The Morgan fingerprint density at radius 2 is 2.41 bits per heavy atom. The van der Waals surface area contributed by atoms with Crippen molar-refractivity contribution in [1.82, 2.24) is 14.7 Å². The molecule has 0 radical (unpaired) electrons. The van der Waals surface area contributed by atoms with Gasteiger partial charge in [-0.2, -0.15) is 5.10 Å². The number of carbonyl (C=O) groups is 1. The minimum Gasteiger partial charge on any atom is -0.337 e. The number of aryl methyl sites for hydroxylation is 1. The molecule has 0 aliphatic carbocycles. The van der Waals surface area contributed by atoms with E-state index in [0.717, 1.165) is 19.5 Å². The van der Waals surface area contributed by atoms with Crippen molar-refractivity contribution in [3.63, 3.8) is 0 Å². The van der Waals surface area contributed by atoms with Crippen LogP contribution >= 0.6 is 11.6 Å². The third-order valence-corrected chi connectivity index (χ3v) is 3.52. The van der Waals surface area contributed by atoms with Crippen LogP contribution in [0.3, 0.4) is 0 Å². The molecule has 0 bridgehead atoms. The molecule has 1 saturated heterocycles. The molecular weight excluding hydrogens is 238 g/mol. The summed E-state index contributed by atoms with van der Waals surface area (Å²) in [4.78, 5) is 14.3. The van der Waals surface area contributed by atoms with E-state index in [1.54, 1.807) is 10.9 Å². The number of hydrogen-bond acceptors (Lipinski definition) is 2. The number of nitrogens with zero attached hydrogens (tertiary/aromatic N) is 3. The van der Waals surface area contributed by atoms with Crippen LogP contribution in [0.5, 0.6) is 0 Å². The summed E-state index contributed by atoms with van der Waals surface area (Å²) in [6, 6.07) is 0. The fourth-order valence-electron chi connectivity index (χ4n) is 2.34. The summed E-state index contributed by atoms with van der Waals surface area (Å²) < 4.78 is 1.67. The van der Waals surface area contributed by atoms with Crippen LogP contribution in [0.15, 0.2) is 6.20 Å². The Morgan fingerprint density at radius 3 is 3.06 bits per heavy atom. The Morgan fingerprint density at radius 1 is 1.65 bits per heavy atom. The van der Waals surface area contributed by atoms with Gasteiger partial charge >= 0.3 is 0 Å². The van der Waals surface area contributed by atoms with Crippen LogP contribution in [0.1, 0.15) is 37.2 Å². The van der Waals surface area contributed by atoms with Crippen molar-refractivity contribution in [2.45, 2.75) is 33.2 Å². The van der Waals surface area contributed by atoms with Crippen LogP contribution in [0.2, 0.25) is 5.02 Å². The minimum absolute atomic E-state index is 0.0147. The lowest BCUT2D eigenvalue weighted by molar-refractivity contribution is 0.0670. The van der Waals surface area contributed by atoms with Crippen LogP contribution in [0, 0.1) is 5.92 Å².